The van der Waals surface area contributed by atoms with E-state index in [1.807, 2.05) is 12.3 Å². The molecule has 2 heterocycles. The summed E-state index contributed by atoms with van der Waals surface area (Å²) in [4.78, 5) is 6.59. The molecule has 0 saturated heterocycles. The normalized spacial score (nSPS) is 15.5. The second-order valence-corrected chi connectivity index (χ2v) is 4.61. The van der Waals surface area contributed by atoms with Crippen molar-refractivity contribution < 1.29 is 0 Å². The summed E-state index contributed by atoms with van der Waals surface area (Å²) >= 11 is 0. The first-order valence-corrected chi connectivity index (χ1v) is 6.34. The quantitative estimate of drug-likeness (QED) is 0.892. The number of rotatable bonds is 3. The van der Waals surface area contributed by atoms with Crippen LogP contribution in [0.1, 0.15) is 17.2 Å². The number of aromatic nitrogens is 1. The predicted octanol–water partition coefficient (Wildman–Crippen LogP) is 2.14. The van der Waals surface area contributed by atoms with E-state index in [2.05, 4.69) is 40.2 Å². The highest BCUT2D eigenvalue weighted by Crippen LogP contribution is 2.34. The molecule has 2 aromatic rings. The minimum absolute atomic E-state index is 0.224. The Labute approximate surface area is 107 Å². The molecule has 1 aliphatic heterocycles. The number of fused-ring (bicyclic) bond motifs is 1. The molecule has 0 amide bonds. The first-order valence-electron chi connectivity index (χ1n) is 6.34. The van der Waals surface area contributed by atoms with Crippen LogP contribution in [-0.2, 0) is 6.42 Å². The zero-order valence-electron chi connectivity index (χ0n) is 10.3. The van der Waals surface area contributed by atoms with Gasteiger partial charge in [-0.15, -0.1) is 0 Å². The topological polar surface area (TPSA) is 42.1 Å². The molecular weight excluding hydrogens is 222 g/mol. The van der Waals surface area contributed by atoms with Crippen molar-refractivity contribution >= 4 is 5.69 Å². The highest BCUT2D eigenvalue weighted by Gasteiger charge is 2.25. The number of hydrogen-bond acceptors (Lipinski definition) is 3. The van der Waals surface area contributed by atoms with Crippen molar-refractivity contribution in [2.75, 3.05) is 18.0 Å². The number of para-hydroxylation sites is 1. The van der Waals surface area contributed by atoms with Gasteiger partial charge in [0.1, 0.15) is 0 Å². The van der Waals surface area contributed by atoms with E-state index in [0.29, 0.717) is 6.54 Å². The Balaban J connectivity index is 1.95. The Morgan fingerprint density at radius 2 is 2.11 bits per heavy atom. The average Bonchev–Trinajstić information content (AvgIpc) is 2.85. The lowest BCUT2D eigenvalue weighted by Gasteiger charge is -2.29. The Hall–Kier alpha value is -1.87. The summed E-state index contributed by atoms with van der Waals surface area (Å²) in [5.41, 5.74) is 9.90. The van der Waals surface area contributed by atoms with Crippen LogP contribution in [0.3, 0.4) is 0 Å². The van der Waals surface area contributed by atoms with E-state index >= 15 is 0 Å². The summed E-state index contributed by atoms with van der Waals surface area (Å²) in [5.74, 6) is 0. The van der Waals surface area contributed by atoms with E-state index in [0.717, 1.165) is 13.0 Å². The SMILES string of the molecule is NCC(c1cccnc1)N1CCc2ccccc21. The first-order chi connectivity index (χ1) is 8.90. The summed E-state index contributed by atoms with van der Waals surface area (Å²) < 4.78 is 0. The van der Waals surface area contributed by atoms with Gasteiger partial charge < -0.3 is 10.6 Å². The molecule has 0 radical (unpaired) electrons. The van der Waals surface area contributed by atoms with Crippen LogP contribution >= 0.6 is 0 Å². The van der Waals surface area contributed by atoms with E-state index < -0.39 is 0 Å². The van der Waals surface area contributed by atoms with Gasteiger partial charge in [-0.3, -0.25) is 4.98 Å². The van der Waals surface area contributed by atoms with Gasteiger partial charge in [0, 0.05) is 31.2 Å². The molecule has 0 fully saturated rings. The molecule has 92 valence electrons. The maximum absolute atomic E-state index is 5.97. The van der Waals surface area contributed by atoms with Crippen LogP contribution in [0.4, 0.5) is 5.69 Å². The molecule has 1 unspecified atom stereocenters. The number of pyridine rings is 1. The minimum Gasteiger partial charge on any atom is -0.363 e. The average molecular weight is 239 g/mol. The van der Waals surface area contributed by atoms with Crippen LogP contribution in [0.25, 0.3) is 0 Å². The van der Waals surface area contributed by atoms with Crippen molar-refractivity contribution in [1.82, 2.24) is 4.98 Å². The van der Waals surface area contributed by atoms with Crippen LogP contribution in [0.15, 0.2) is 48.8 Å². The van der Waals surface area contributed by atoms with E-state index in [9.17, 15) is 0 Å². The zero-order valence-corrected chi connectivity index (χ0v) is 10.3. The summed E-state index contributed by atoms with van der Waals surface area (Å²) in [6.07, 6.45) is 4.82. The lowest BCUT2D eigenvalue weighted by atomic mass is 10.1. The van der Waals surface area contributed by atoms with Crippen molar-refractivity contribution in [3.8, 4) is 0 Å². The van der Waals surface area contributed by atoms with Gasteiger partial charge in [0.25, 0.3) is 0 Å². The van der Waals surface area contributed by atoms with E-state index in [1.165, 1.54) is 16.8 Å². The second kappa shape index (κ2) is 4.78. The molecule has 3 nitrogen and oxygen atoms in total. The van der Waals surface area contributed by atoms with Crippen molar-refractivity contribution in [3.05, 3.63) is 59.9 Å². The Morgan fingerprint density at radius 1 is 1.22 bits per heavy atom. The molecule has 18 heavy (non-hydrogen) atoms. The maximum Gasteiger partial charge on any atom is 0.0679 e. The summed E-state index contributed by atoms with van der Waals surface area (Å²) in [6.45, 7) is 1.65. The third-order valence-electron chi connectivity index (χ3n) is 3.59. The fraction of sp³-hybridized carbons (Fsp3) is 0.267. The minimum atomic E-state index is 0.224. The van der Waals surface area contributed by atoms with Crippen LogP contribution in [0.2, 0.25) is 0 Å². The molecule has 0 aliphatic carbocycles. The van der Waals surface area contributed by atoms with Crippen molar-refractivity contribution in [1.29, 1.82) is 0 Å². The monoisotopic (exact) mass is 239 g/mol. The molecule has 1 aromatic heterocycles. The largest absolute Gasteiger partial charge is 0.363 e. The summed E-state index contributed by atoms with van der Waals surface area (Å²) in [7, 11) is 0. The molecule has 2 N–H and O–H groups in total. The van der Waals surface area contributed by atoms with E-state index in [-0.39, 0.29) is 6.04 Å². The molecule has 3 heteroatoms. The van der Waals surface area contributed by atoms with E-state index in [4.69, 9.17) is 5.73 Å². The van der Waals surface area contributed by atoms with Gasteiger partial charge in [-0.05, 0) is 29.7 Å². The third-order valence-corrected chi connectivity index (χ3v) is 3.59. The lowest BCUT2D eigenvalue weighted by molar-refractivity contribution is 0.647. The molecular formula is C15H17N3. The standard InChI is InChI=1S/C15H17N3/c16-10-15(13-5-3-8-17-11-13)18-9-7-12-4-1-2-6-14(12)18/h1-6,8,11,15H,7,9-10,16H2. The highest BCUT2D eigenvalue weighted by atomic mass is 15.2. The lowest BCUT2D eigenvalue weighted by Crippen LogP contribution is -2.32. The van der Waals surface area contributed by atoms with Crippen LogP contribution < -0.4 is 10.6 Å². The van der Waals surface area contributed by atoms with Gasteiger partial charge >= 0.3 is 0 Å². The number of benzene rings is 1. The molecule has 0 saturated carbocycles. The third kappa shape index (κ3) is 1.87. The van der Waals surface area contributed by atoms with Gasteiger partial charge in [-0.1, -0.05) is 24.3 Å². The summed E-state index contributed by atoms with van der Waals surface area (Å²) in [5, 5.41) is 0. The predicted molar refractivity (Wildman–Crippen MR) is 73.5 cm³/mol. The van der Waals surface area contributed by atoms with Gasteiger partial charge in [-0.2, -0.15) is 0 Å². The molecule has 3 rings (SSSR count). The van der Waals surface area contributed by atoms with Crippen molar-refractivity contribution in [2.45, 2.75) is 12.5 Å². The first kappa shape index (κ1) is 11.2. The maximum atomic E-state index is 5.97. The Morgan fingerprint density at radius 3 is 2.89 bits per heavy atom. The zero-order chi connectivity index (χ0) is 12.4. The van der Waals surface area contributed by atoms with Crippen molar-refractivity contribution in [3.63, 3.8) is 0 Å². The molecule has 1 atom stereocenters. The van der Waals surface area contributed by atoms with Crippen LogP contribution in [0, 0.1) is 0 Å². The fourth-order valence-corrected chi connectivity index (χ4v) is 2.70. The fourth-order valence-electron chi connectivity index (χ4n) is 2.70. The number of hydrogen-bond donors (Lipinski definition) is 1. The second-order valence-electron chi connectivity index (χ2n) is 4.61. The number of nitrogens with zero attached hydrogens (tertiary/aromatic N) is 2. The van der Waals surface area contributed by atoms with Gasteiger partial charge in [0.15, 0.2) is 0 Å². The molecule has 1 aromatic carbocycles. The van der Waals surface area contributed by atoms with Gasteiger partial charge in [0.05, 0.1) is 6.04 Å². The summed E-state index contributed by atoms with van der Waals surface area (Å²) in [6, 6.07) is 12.9. The van der Waals surface area contributed by atoms with Crippen LogP contribution in [-0.4, -0.2) is 18.1 Å². The highest BCUT2D eigenvalue weighted by molar-refractivity contribution is 5.59. The smallest absolute Gasteiger partial charge is 0.0679 e. The Bertz CT molecular complexity index is 524. The molecule has 0 bridgehead atoms. The van der Waals surface area contributed by atoms with Crippen LogP contribution in [0.5, 0.6) is 0 Å². The van der Waals surface area contributed by atoms with E-state index in [1.54, 1.807) is 6.20 Å². The molecule has 1 aliphatic rings. The number of anilines is 1. The Kier molecular flexibility index (Phi) is 2.99. The van der Waals surface area contributed by atoms with Gasteiger partial charge in [0.2, 0.25) is 0 Å². The van der Waals surface area contributed by atoms with Crippen molar-refractivity contribution in [2.24, 2.45) is 5.73 Å². The van der Waals surface area contributed by atoms with Gasteiger partial charge in [-0.25, -0.2) is 0 Å². The number of nitrogens with two attached hydrogens (primary N) is 1. The molecule has 0 spiro atoms.